The number of fused-ring (bicyclic) bond motifs is 1. The van der Waals surface area contributed by atoms with Crippen molar-refractivity contribution in [3.05, 3.63) is 41.5 Å². The van der Waals surface area contributed by atoms with Crippen molar-refractivity contribution in [3.8, 4) is 0 Å². The fourth-order valence-corrected chi connectivity index (χ4v) is 4.82. The predicted molar refractivity (Wildman–Crippen MR) is 143 cm³/mol. The average Bonchev–Trinajstić information content (AvgIpc) is 2.78. The minimum Gasteiger partial charge on any atom is -0.324 e. The fourth-order valence-electron chi connectivity index (χ4n) is 4.31. The average molecular weight is 479 g/mol. The number of benzene rings is 2. The van der Waals surface area contributed by atoms with E-state index in [2.05, 4.69) is 27.7 Å². The molecule has 5 heteroatoms. The van der Waals surface area contributed by atoms with E-state index < -0.39 is 10.1 Å². The molecule has 1 N–H and O–H groups in total. The Hall–Kier alpha value is -1.43. The molecule has 2 aromatic carbocycles. The molecular weight excluding hydrogens is 430 g/mol. The molecule has 188 valence electrons. The van der Waals surface area contributed by atoms with E-state index in [1.54, 1.807) is 6.07 Å². The van der Waals surface area contributed by atoms with Gasteiger partial charge in [-0.3, -0.25) is 4.55 Å². The maximum atomic E-state index is 11.0. The van der Waals surface area contributed by atoms with Crippen molar-refractivity contribution in [2.24, 2.45) is 0 Å². The van der Waals surface area contributed by atoms with E-state index in [0.29, 0.717) is 0 Å². The Morgan fingerprint density at radius 2 is 1.06 bits per heavy atom. The summed E-state index contributed by atoms with van der Waals surface area (Å²) < 4.78 is 32.3. The van der Waals surface area contributed by atoms with Crippen LogP contribution in [-0.2, 0) is 10.1 Å². The first kappa shape index (κ1) is 29.6. The molecule has 33 heavy (non-hydrogen) atoms. The molecule has 0 aliphatic rings. The lowest BCUT2D eigenvalue weighted by atomic mass is 10.0. The molecule has 0 fully saturated rings. The molecule has 0 aliphatic carbocycles. The molecule has 0 unspecified atom stereocenters. The third kappa shape index (κ3) is 10.2. The van der Waals surface area contributed by atoms with Gasteiger partial charge < -0.3 is 4.48 Å². The number of aryl methyl sites for hydroxylation is 2. The van der Waals surface area contributed by atoms with Gasteiger partial charge >= 0.3 is 0 Å². The number of quaternary nitrogens is 1. The Morgan fingerprint density at radius 1 is 0.667 bits per heavy atom. The molecular formula is C28H48NO3S+. The van der Waals surface area contributed by atoms with Crippen molar-refractivity contribution in [1.82, 2.24) is 0 Å². The van der Waals surface area contributed by atoms with Gasteiger partial charge in [-0.25, -0.2) is 0 Å². The van der Waals surface area contributed by atoms with E-state index in [0.717, 1.165) is 21.9 Å². The number of unbranched alkanes of at least 4 members (excludes halogenated alkanes) is 4. The summed E-state index contributed by atoms with van der Waals surface area (Å²) >= 11 is 0. The third-order valence-corrected chi connectivity index (χ3v) is 7.52. The summed E-state index contributed by atoms with van der Waals surface area (Å²) in [6.07, 6.45) is 11.1. The highest BCUT2D eigenvalue weighted by atomic mass is 32.2. The molecule has 0 aromatic heterocycles. The van der Waals surface area contributed by atoms with Crippen molar-refractivity contribution in [2.45, 2.75) is 97.8 Å². The van der Waals surface area contributed by atoms with E-state index >= 15 is 0 Å². The molecule has 0 radical (unpaired) electrons. The van der Waals surface area contributed by atoms with Crippen molar-refractivity contribution in [3.63, 3.8) is 0 Å². The Balaban J connectivity index is 0.000000330. The number of hydrogen-bond donors (Lipinski definition) is 1. The molecule has 0 saturated carbocycles. The van der Waals surface area contributed by atoms with Crippen LogP contribution in [0.2, 0.25) is 0 Å². The summed E-state index contributed by atoms with van der Waals surface area (Å²) in [6.45, 7) is 19.0. The van der Waals surface area contributed by atoms with Crippen LogP contribution in [0.5, 0.6) is 0 Å². The smallest absolute Gasteiger partial charge is 0.294 e. The normalized spacial score (nSPS) is 12.0. The maximum Gasteiger partial charge on any atom is 0.294 e. The first-order chi connectivity index (χ1) is 15.6. The van der Waals surface area contributed by atoms with Gasteiger partial charge in [0.05, 0.1) is 31.1 Å². The molecule has 0 saturated heterocycles. The van der Waals surface area contributed by atoms with Gasteiger partial charge in [-0.1, -0.05) is 71.6 Å². The fraction of sp³-hybridized carbons (Fsp3) is 0.643. The Labute approximate surface area is 203 Å². The predicted octanol–water partition coefficient (Wildman–Crippen LogP) is 7.71. The summed E-state index contributed by atoms with van der Waals surface area (Å²) in [6, 6.07) is 8.51. The molecule has 4 nitrogen and oxygen atoms in total. The zero-order valence-corrected chi connectivity index (χ0v) is 22.8. The first-order valence-electron chi connectivity index (χ1n) is 13.0. The number of nitrogens with zero attached hydrogens (tertiary/aromatic N) is 1. The van der Waals surface area contributed by atoms with Crippen LogP contribution in [0, 0.1) is 13.8 Å². The molecule has 2 rings (SSSR count). The van der Waals surface area contributed by atoms with Gasteiger partial charge in [-0.15, -0.1) is 0 Å². The Morgan fingerprint density at radius 3 is 1.42 bits per heavy atom. The lowest BCUT2D eigenvalue weighted by Crippen LogP contribution is -2.50. The molecule has 0 amide bonds. The Bertz CT molecular complexity index is 900. The second-order valence-electron chi connectivity index (χ2n) is 9.57. The number of hydrogen-bond acceptors (Lipinski definition) is 2. The molecule has 0 spiro atoms. The minimum absolute atomic E-state index is 0.0664. The van der Waals surface area contributed by atoms with Crippen LogP contribution in [0.3, 0.4) is 0 Å². The van der Waals surface area contributed by atoms with Crippen LogP contribution >= 0.6 is 0 Å². The molecule has 0 heterocycles. The highest BCUT2D eigenvalue weighted by Crippen LogP contribution is 2.22. The van der Waals surface area contributed by atoms with Gasteiger partial charge in [0.2, 0.25) is 0 Å². The Kier molecular flexibility index (Phi) is 13.2. The standard InChI is InChI=1S/C16H36N.C12H12O3S/c1-5-9-13-17(14-10-6-2,15-11-7-3)16-12-8-4;1-8-5-10-3-4-12(16(13,14)15)7-11(10)6-9(8)2/h5-16H2,1-4H3;3-7H,1-2H3,(H,13,14,15)/q+1;. The van der Waals surface area contributed by atoms with E-state index in [1.807, 2.05) is 26.0 Å². The van der Waals surface area contributed by atoms with Crippen molar-refractivity contribution >= 4 is 20.9 Å². The van der Waals surface area contributed by atoms with Crippen molar-refractivity contribution < 1.29 is 17.5 Å². The van der Waals surface area contributed by atoms with Crippen molar-refractivity contribution in [1.29, 1.82) is 0 Å². The summed E-state index contributed by atoms with van der Waals surface area (Å²) in [5.41, 5.74) is 2.26. The second kappa shape index (κ2) is 14.7. The lowest BCUT2D eigenvalue weighted by molar-refractivity contribution is -0.929. The van der Waals surface area contributed by atoms with E-state index in [-0.39, 0.29) is 4.90 Å². The molecule has 0 aliphatic heterocycles. The first-order valence-corrected chi connectivity index (χ1v) is 14.4. The van der Waals surface area contributed by atoms with Gasteiger partial charge in [-0.2, -0.15) is 8.42 Å². The van der Waals surface area contributed by atoms with E-state index in [1.165, 1.54) is 94.2 Å². The van der Waals surface area contributed by atoms with Crippen LogP contribution in [0.25, 0.3) is 10.8 Å². The van der Waals surface area contributed by atoms with Crippen molar-refractivity contribution in [2.75, 3.05) is 26.2 Å². The highest BCUT2D eigenvalue weighted by molar-refractivity contribution is 7.85. The summed E-state index contributed by atoms with van der Waals surface area (Å²) in [7, 11) is -4.12. The minimum atomic E-state index is -4.12. The zero-order valence-electron chi connectivity index (χ0n) is 22.0. The number of rotatable bonds is 13. The van der Waals surface area contributed by atoms with E-state index in [4.69, 9.17) is 4.55 Å². The monoisotopic (exact) mass is 478 g/mol. The maximum absolute atomic E-state index is 11.0. The van der Waals surface area contributed by atoms with Crippen LogP contribution in [0.1, 0.15) is 90.2 Å². The SMILES string of the molecule is CCCC[N+](CCCC)(CCCC)CCCC.Cc1cc2ccc(S(=O)(=O)O)cc2cc1C. The van der Waals surface area contributed by atoms with Crippen LogP contribution in [-0.4, -0.2) is 43.6 Å². The largest absolute Gasteiger partial charge is 0.324 e. The third-order valence-electron chi connectivity index (χ3n) is 6.67. The van der Waals surface area contributed by atoms with Crippen LogP contribution in [0.15, 0.2) is 35.2 Å². The van der Waals surface area contributed by atoms with Gasteiger partial charge in [0.1, 0.15) is 0 Å². The van der Waals surface area contributed by atoms with Crippen LogP contribution < -0.4 is 0 Å². The zero-order chi connectivity index (χ0) is 24.9. The van der Waals surface area contributed by atoms with Gasteiger partial charge in [-0.05, 0) is 73.6 Å². The van der Waals surface area contributed by atoms with Gasteiger partial charge in [0.15, 0.2) is 0 Å². The molecule has 0 bridgehead atoms. The highest BCUT2D eigenvalue weighted by Gasteiger charge is 2.24. The van der Waals surface area contributed by atoms with Gasteiger partial charge in [0, 0.05) is 0 Å². The quantitative estimate of drug-likeness (QED) is 0.237. The summed E-state index contributed by atoms with van der Waals surface area (Å²) in [5, 5.41) is 1.79. The van der Waals surface area contributed by atoms with Crippen LogP contribution in [0.4, 0.5) is 0 Å². The molecule has 2 aromatic rings. The lowest BCUT2D eigenvalue weighted by Gasteiger charge is -2.39. The second-order valence-corrected chi connectivity index (χ2v) is 11.0. The summed E-state index contributed by atoms with van der Waals surface area (Å²) in [5.74, 6) is 0. The summed E-state index contributed by atoms with van der Waals surface area (Å²) in [4.78, 5) is -0.0664. The van der Waals surface area contributed by atoms with Gasteiger partial charge in [0.25, 0.3) is 10.1 Å². The van der Waals surface area contributed by atoms with E-state index in [9.17, 15) is 8.42 Å². The molecule has 0 atom stereocenters. The topological polar surface area (TPSA) is 54.4 Å².